The Hall–Kier alpha value is -1.53. The summed E-state index contributed by atoms with van der Waals surface area (Å²) < 4.78 is 0. The highest BCUT2D eigenvalue weighted by molar-refractivity contribution is 7.98. The average molecular weight is 335 g/mol. The first-order valence-electron chi connectivity index (χ1n) is 7.93. The number of carbonyl (C=O) groups is 2. The summed E-state index contributed by atoms with van der Waals surface area (Å²) in [5.41, 5.74) is 2.38. The highest BCUT2D eigenvalue weighted by Gasteiger charge is 2.31. The Morgan fingerprint density at radius 3 is 2.83 bits per heavy atom. The second-order valence-corrected chi connectivity index (χ2v) is 6.80. The van der Waals surface area contributed by atoms with Crippen molar-refractivity contribution in [2.24, 2.45) is 0 Å². The molecule has 2 rings (SSSR count). The normalized spacial score (nSPS) is 18.5. The minimum Gasteiger partial charge on any atom is -0.355 e. The van der Waals surface area contributed by atoms with E-state index in [0.717, 1.165) is 17.9 Å². The molecule has 0 spiro atoms. The van der Waals surface area contributed by atoms with Gasteiger partial charge in [-0.1, -0.05) is 29.8 Å². The molecule has 1 saturated heterocycles. The van der Waals surface area contributed by atoms with Gasteiger partial charge in [-0.2, -0.15) is 11.8 Å². The molecular formula is C17H25N3O2S. The zero-order valence-corrected chi connectivity index (χ0v) is 14.6. The molecule has 2 amide bonds. The molecule has 0 aromatic heterocycles. The SMILES string of the molecule is CSCCNC(=O)C[C@@H]1C(=O)NCCN1Cc1ccc(C)cc1. The lowest BCUT2D eigenvalue weighted by Crippen LogP contribution is -2.56. The van der Waals surface area contributed by atoms with Gasteiger partial charge in [0.2, 0.25) is 11.8 Å². The maximum Gasteiger partial charge on any atom is 0.237 e. The van der Waals surface area contributed by atoms with Gasteiger partial charge in [-0.05, 0) is 18.7 Å². The molecule has 1 fully saturated rings. The molecule has 23 heavy (non-hydrogen) atoms. The van der Waals surface area contributed by atoms with Gasteiger partial charge in [-0.3, -0.25) is 14.5 Å². The molecule has 6 heteroatoms. The molecule has 1 heterocycles. The molecule has 126 valence electrons. The van der Waals surface area contributed by atoms with E-state index < -0.39 is 0 Å². The van der Waals surface area contributed by atoms with Crippen molar-refractivity contribution in [1.82, 2.24) is 15.5 Å². The van der Waals surface area contributed by atoms with Crippen LogP contribution in [0.2, 0.25) is 0 Å². The van der Waals surface area contributed by atoms with Crippen molar-refractivity contribution in [2.45, 2.75) is 25.9 Å². The zero-order chi connectivity index (χ0) is 16.7. The zero-order valence-electron chi connectivity index (χ0n) is 13.8. The van der Waals surface area contributed by atoms with Crippen LogP contribution in [0, 0.1) is 6.92 Å². The second-order valence-electron chi connectivity index (χ2n) is 5.81. The topological polar surface area (TPSA) is 61.4 Å². The van der Waals surface area contributed by atoms with Crippen molar-refractivity contribution in [3.8, 4) is 0 Å². The number of carbonyl (C=O) groups excluding carboxylic acids is 2. The third kappa shape index (κ3) is 5.55. The molecule has 1 aromatic carbocycles. The summed E-state index contributed by atoms with van der Waals surface area (Å²) in [5.74, 6) is 0.772. The van der Waals surface area contributed by atoms with E-state index >= 15 is 0 Å². The largest absolute Gasteiger partial charge is 0.355 e. The van der Waals surface area contributed by atoms with Crippen LogP contribution in [0.4, 0.5) is 0 Å². The number of benzene rings is 1. The van der Waals surface area contributed by atoms with Crippen LogP contribution < -0.4 is 10.6 Å². The van der Waals surface area contributed by atoms with Crippen molar-refractivity contribution in [1.29, 1.82) is 0 Å². The van der Waals surface area contributed by atoms with Crippen LogP contribution in [0.3, 0.4) is 0 Å². The fraction of sp³-hybridized carbons (Fsp3) is 0.529. The Morgan fingerprint density at radius 2 is 2.13 bits per heavy atom. The summed E-state index contributed by atoms with van der Waals surface area (Å²) in [6.45, 7) is 4.79. The molecule has 1 aromatic rings. The van der Waals surface area contributed by atoms with Crippen LogP contribution in [0.25, 0.3) is 0 Å². The Morgan fingerprint density at radius 1 is 1.39 bits per heavy atom. The minimum atomic E-state index is -0.390. The van der Waals surface area contributed by atoms with Crippen LogP contribution in [-0.2, 0) is 16.1 Å². The van der Waals surface area contributed by atoms with Crippen LogP contribution in [0.5, 0.6) is 0 Å². The van der Waals surface area contributed by atoms with E-state index in [1.165, 1.54) is 5.56 Å². The molecular weight excluding hydrogens is 310 g/mol. The predicted octanol–water partition coefficient (Wildman–Crippen LogP) is 1.16. The van der Waals surface area contributed by atoms with Gasteiger partial charge in [0.15, 0.2) is 0 Å². The van der Waals surface area contributed by atoms with E-state index in [2.05, 4.69) is 46.7 Å². The van der Waals surface area contributed by atoms with Crippen LogP contribution in [0.15, 0.2) is 24.3 Å². The summed E-state index contributed by atoms with van der Waals surface area (Å²) in [6, 6.07) is 7.92. The summed E-state index contributed by atoms with van der Waals surface area (Å²) in [7, 11) is 0. The molecule has 0 unspecified atom stereocenters. The van der Waals surface area contributed by atoms with Gasteiger partial charge in [-0.15, -0.1) is 0 Å². The van der Waals surface area contributed by atoms with E-state index in [0.29, 0.717) is 19.6 Å². The molecule has 1 aliphatic heterocycles. The molecule has 5 nitrogen and oxygen atoms in total. The molecule has 0 saturated carbocycles. The smallest absolute Gasteiger partial charge is 0.237 e. The summed E-state index contributed by atoms with van der Waals surface area (Å²) in [5, 5.41) is 5.74. The maximum atomic E-state index is 12.2. The van der Waals surface area contributed by atoms with Crippen molar-refractivity contribution >= 4 is 23.6 Å². The van der Waals surface area contributed by atoms with Gasteiger partial charge in [0.1, 0.15) is 0 Å². The van der Waals surface area contributed by atoms with E-state index in [1.807, 2.05) is 6.26 Å². The van der Waals surface area contributed by atoms with Crippen LogP contribution in [-0.4, -0.2) is 54.4 Å². The van der Waals surface area contributed by atoms with Crippen LogP contribution in [0.1, 0.15) is 17.5 Å². The summed E-state index contributed by atoms with van der Waals surface area (Å²) in [6.07, 6.45) is 2.22. The number of thioether (sulfide) groups is 1. The number of rotatable bonds is 7. The molecule has 2 N–H and O–H groups in total. The molecule has 1 atom stereocenters. The Kier molecular flexibility index (Phi) is 6.92. The first kappa shape index (κ1) is 17.8. The van der Waals surface area contributed by atoms with Crippen molar-refractivity contribution in [2.75, 3.05) is 31.6 Å². The lowest BCUT2D eigenvalue weighted by molar-refractivity contribution is -0.134. The molecule has 0 radical (unpaired) electrons. The summed E-state index contributed by atoms with van der Waals surface area (Å²) in [4.78, 5) is 26.3. The molecule has 0 aliphatic carbocycles. The number of hydrogen-bond donors (Lipinski definition) is 2. The van der Waals surface area contributed by atoms with Gasteiger partial charge in [-0.25, -0.2) is 0 Å². The molecule has 1 aliphatic rings. The first-order valence-corrected chi connectivity index (χ1v) is 9.32. The molecule has 0 bridgehead atoms. The number of aryl methyl sites for hydroxylation is 1. The van der Waals surface area contributed by atoms with E-state index in [1.54, 1.807) is 11.8 Å². The number of hydrogen-bond acceptors (Lipinski definition) is 4. The standard InChI is InChI=1S/C17H25N3O2S/c1-13-3-5-14(6-4-13)12-20-9-7-19-17(22)15(20)11-16(21)18-8-10-23-2/h3-6,15H,7-12H2,1-2H3,(H,18,21)(H,19,22)/t15-/m1/s1. The van der Waals surface area contributed by atoms with Gasteiger partial charge in [0, 0.05) is 31.9 Å². The number of nitrogens with one attached hydrogen (secondary N) is 2. The Balaban J connectivity index is 1.96. The predicted molar refractivity (Wildman–Crippen MR) is 94.4 cm³/mol. The van der Waals surface area contributed by atoms with E-state index in [9.17, 15) is 9.59 Å². The fourth-order valence-electron chi connectivity index (χ4n) is 2.64. The lowest BCUT2D eigenvalue weighted by atomic mass is 10.1. The van der Waals surface area contributed by atoms with Crippen LogP contribution >= 0.6 is 11.8 Å². The number of piperazine rings is 1. The van der Waals surface area contributed by atoms with Gasteiger partial charge in [0.05, 0.1) is 12.5 Å². The van der Waals surface area contributed by atoms with Gasteiger partial charge in [0.25, 0.3) is 0 Å². The summed E-state index contributed by atoms with van der Waals surface area (Å²) >= 11 is 1.69. The quantitative estimate of drug-likeness (QED) is 0.734. The Bertz CT molecular complexity index is 533. The Labute approximate surface area is 142 Å². The van der Waals surface area contributed by atoms with Crippen molar-refractivity contribution in [3.05, 3.63) is 35.4 Å². The fourth-order valence-corrected chi connectivity index (χ4v) is 2.95. The highest BCUT2D eigenvalue weighted by Crippen LogP contribution is 2.14. The van der Waals surface area contributed by atoms with E-state index in [-0.39, 0.29) is 24.3 Å². The monoisotopic (exact) mass is 335 g/mol. The highest BCUT2D eigenvalue weighted by atomic mass is 32.2. The first-order chi connectivity index (χ1) is 11.1. The third-order valence-electron chi connectivity index (χ3n) is 3.96. The van der Waals surface area contributed by atoms with E-state index in [4.69, 9.17) is 0 Å². The maximum absolute atomic E-state index is 12.2. The van der Waals surface area contributed by atoms with Gasteiger partial charge < -0.3 is 10.6 Å². The third-order valence-corrected chi connectivity index (χ3v) is 4.57. The number of nitrogens with zero attached hydrogens (tertiary/aromatic N) is 1. The number of amides is 2. The second kappa shape index (κ2) is 8.93. The minimum absolute atomic E-state index is 0.0524. The van der Waals surface area contributed by atoms with Gasteiger partial charge >= 0.3 is 0 Å². The lowest BCUT2D eigenvalue weighted by Gasteiger charge is -2.34. The average Bonchev–Trinajstić information content (AvgIpc) is 2.53. The van der Waals surface area contributed by atoms with Crippen molar-refractivity contribution < 1.29 is 9.59 Å². The van der Waals surface area contributed by atoms with Crippen molar-refractivity contribution in [3.63, 3.8) is 0 Å².